The third-order valence-electron chi connectivity index (χ3n) is 6.04. The van der Waals surface area contributed by atoms with Crippen LogP contribution in [0.15, 0.2) is 108 Å². The molecule has 0 aromatic heterocycles. The van der Waals surface area contributed by atoms with Gasteiger partial charge in [0.1, 0.15) is 17.9 Å². The van der Waals surface area contributed by atoms with Crippen molar-refractivity contribution in [3.63, 3.8) is 0 Å². The molecule has 0 heterocycles. The normalized spacial score (nSPS) is 20.5. The molecule has 3 heteroatoms. The van der Waals surface area contributed by atoms with Crippen LogP contribution in [0, 0.1) is 17.8 Å². The molecule has 2 aromatic carbocycles. The number of allylic oxidation sites excluding steroid dienone is 6. The van der Waals surface area contributed by atoms with Gasteiger partial charge in [0.15, 0.2) is 0 Å². The predicted octanol–water partition coefficient (Wildman–Crippen LogP) is 5.57. The van der Waals surface area contributed by atoms with E-state index < -0.39 is 7.26 Å². The molecule has 1 atom stereocenters. The van der Waals surface area contributed by atoms with Crippen molar-refractivity contribution in [3.05, 3.63) is 108 Å². The van der Waals surface area contributed by atoms with Gasteiger partial charge in [-0.1, -0.05) is 78.6 Å². The molecule has 0 N–H and O–H groups in total. The molecule has 0 radical (unpaired) electrons. The topological polar surface area (TPSA) is 26.3 Å². The summed E-state index contributed by atoms with van der Waals surface area (Å²) in [5.74, 6) is 6.77. The molecule has 2 aromatic rings. The number of carbonyl (C=O) groups is 1. The van der Waals surface area contributed by atoms with E-state index in [2.05, 4.69) is 96.8 Å². The fourth-order valence-corrected chi connectivity index (χ4v) is 9.09. The van der Waals surface area contributed by atoms with E-state index in [9.17, 15) is 4.79 Å². The lowest BCUT2D eigenvalue weighted by Crippen LogP contribution is -2.29. The standard InChI is InChI=1S/C29H28O2P/c1-31-29(30)25-21-19-24(20-22-25)23-32(27-15-9-5-10-16-27,28-17-11-6-12-18-28)26-13-7-3-2-4-8-14-26/h3,5-7,9-13,15-19,21-22,24H,2,14,20,23H2,1H3/q+1/b7-3-,26-13+. The first kappa shape index (κ1) is 22.1. The van der Waals surface area contributed by atoms with E-state index in [0.29, 0.717) is 11.5 Å². The minimum Gasteiger partial charge on any atom is -0.465 e. The minimum absolute atomic E-state index is 0.269. The summed E-state index contributed by atoms with van der Waals surface area (Å²) in [5.41, 5.74) is 0.645. The summed E-state index contributed by atoms with van der Waals surface area (Å²) < 4.78 is 4.90. The van der Waals surface area contributed by atoms with Crippen molar-refractivity contribution < 1.29 is 9.53 Å². The predicted molar refractivity (Wildman–Crippen MR) is 136 cm³/mol. The highest BCUT2D eigenvalue weighted by Gasteiger charge is 2.47. The Morgan fingerprint density at radius 2 is 1.72 bits per heavy atom. The number of hydrogen-bond acceptors (Lipinski definition) is 2. The van der Waals surface area contributed by atoms with Gasteiger partial charge in [0.2, 0.25) is 0 Å². The van der Waals surface area contributed by atoms with E-state index in [1.807, 2.05) is 12.2 Å². The number of benzene rings is 2. The Morgan fingerprint density at radius 1 is 1.03 bits per heavy atom. The van der Waals surface area contributed by atoms with Gasteiger partial charge in [0.05, 0.1) is 30.6 Å². The van der Waals surface area contributed by atoms with Crippen LogP contribution in [-0.2, 0) is 9.53 Å². The van der Waals surface area contributed by atoms with Gasteiger partial charge in [0, 0.05) is 12.3 Å². The maximum Gasteiger partial charge on any atom is 0.337 e. The zero-order valence-corrected chi connectivity index (χ0v) is 19.3. The Kier molecular flexibility index (Phi) is 7.21. The van der Waals surface area contributed by atoms with Crippen LogP contribution in [0.3, 0.4) is 0 Å². The van der Waals surface area contributed by atoms with E-state index in [1.54, 1.807) is 0 Å². The summed E-state index contributed by atoms with van der Waals surface area (Å²) in [4.78, 5) is 12.0. The molecule has 0 amide bonds. The highest BCUT2D eigenvalue weighted by atomic mass is 31.2. The first-order valence-electron chi connectivity index (χ1n) is 11.0. The van der Waals surface area contributed by atoms with Crippen LogP contribution in [0.5, 0.6) is 0 Å². The summed E-state index contributed by atoms with van der Waals surface area (Å²) in [6.07, 6.45) is 16.2. The van der Waals surface area contributed by atoms with E-state index in [4.69, 9.17) is 4.74 Å². The fourth-order valence-electron chi connectivity index (χ4n) is 4.45. The molecule has 0 fully saturated rings. The van der Waals surface area contributed by atoms with Crippen molar-refractivity contribution in [2.45, 2.75) is 19.3 Å². The van der Waals surface area contributed by atoms with Crippen molar-refractivity contribution in [1.82, 2.24) is 0 Å². The zero-order valence-electron chi connectivity index (χ0n) is 18.4. The van der Waals surface area contributed by atoms with Crippen LogP contribution < -0.4 is 10.6 Å². The van der Waals surface area contributed by atoms with Crippen LogP contribution in [-0.4, -0.2) is 19.2 Å². The summed E-state index contributed by atoms with van der Waals surface area (Å²) in [5, 5.41) is 4.17. The van der Waals surface area contributed by atoms with Crippen LogP contribution in [0.25, 0.3) is 0 Å². The third-order valence-corrected chi connectivity index (χ3v) is 10.7. The van der Waals surface area contributed by atoms with Crippen molar-refractivity contribution in [1.29, 1.82) is 0 Å². The highest BCUT2D eigenvalue weighted by molar-refractivity contribution is 7.93. The molecule has 1 unspecified atom stereocenters. The molecular formula is C29H28O2P+. The number of ether oxygens (including phenoxy) is 1. The van der Waals surface area contributed by atoms with Crippen molar-refractivity contribution >= 4 is 23.8 Å². The molecule has 0 saturated heterocycles. The molecule has 0 saturated carbocycles. The summed E-state index contributed by atoms with van der Waals surface area (Å²) in [6, 6.07) is 21.9. The molecule has 4 rings (SSSR count). The van der Waals surface area contributed by atoms with Crippen molar-refractivity contribution in [2.24, 2.45) is 5.92 Å². The molecule has 0 bridgehead atoms. The van der Waals surface area contributed by atoms with Gasteiger partial charge in [0.25, 0.3) is 0 Å². The minimum atomic E-state index is -1.93. The molecule has 2 nitrogen and oxygen atoms in total. The lowest BCUT2D eigenvalue weighted by Gasteiger charge is -2.32. The Labute approximate surface area is 191 Å². The van der Waals surface area contributed by atoms with Crippen LogP contribution in [0.1, 0.15) is 19.3 Å². The summed E-state index contributed by atoms with van der Waals surface area (Å²) >= 11 is 0. The first-order valence-corrected chi connectivity index (χ1v) is 13.0. The van der Waals surface area contributed by atoms with Gasteiger partial charge >= 0.3 is 5.97 Å². The fraction of sp³-hybridized carbons (Fsp3) is 0.207. The van der Waals surface area contributed by atoms with Gasteiger partial charge in [-0.15, -0.1) is 0 Å². The largest absolute Gasteiger partial charge is 0.465 e. The SMILES string of the molecule is COC(=O)C1=CCC(C[P+](/C2=C/C=C\CC#CC2)(c2ccccc2)c2ccccc2)C=C1. The van der Waals surface area contributed by atoms with Gasteiger partial charge in [-0.3, -0.25) is 0 Å². The number of esters is 1. The Balaban J connectivity index is 1.83. The van der Waals surface area contributed by atoms with Crippen LogP contribution in [0.2, 0.25) is 0 Å². The van der Waals surface area contributed by atoms with E-state index in [1.165, 1.54) is 23.0 Å². The smallest absolute Gasteiger partial charge is 0.337 e. The summed E-state index contributed by atoms with van der Waals surface area (Å²) in [7, 11) is -0.501. The van der Waals surface area contributed by atoms with Gasteiger partial charge < -0.3 is 4.74 Å². The molecule has 2 aliphatic rings. The van der Waals surface area contributed by atoms with Crippen molar-refractivity contribution in [3.8, 4) is 11.8 Å². The van der Waals surface area contributed by atoms with E-state index in [0.717, 1.165) is 25.4 Å². The number of rotatable bonds is 6. The Hall–Kier alpha value is -3.14. The lowest BCUT2D eigenvalue weighted by molar-refractivity contribution is -0.135. The van der Waals surface area contributed by atoms with Crippen LogP contribution >= 0.6 is 7.26 Å². The lowest BCUT2D eigenvalue weighted by atomic mass is 9.98. The van der Waals surface area contributed by atoms with Gasteiger partial charge in [-0.25, -0.2) is 4.79 Å². The monoisotopic (exact) mass is 439 g/mol. The highest BCUT2D eigenvalue weighted by Crippen LogP contribution is 2.66. The number of hydrogen-bond donors (Lipinski definition) is 0. The maximum absolute atomic E-state index is 12.0. The molecule has 0 spiro atoms. The molecular weight excluding hydrogens is 411 g/mol. The van der Waals surface area contributed by atoms with Crippen LogP contribution in [0.4, 0.5) is 0 Å². The zero-order chi connectivity index (χ0) is 22.2. The molecule has 160 valence electrons. The second-order valence-corrected chi connectivity index (χ2v) is 11.6. The Morgan fingerprint density at radius 3 is 2.31 bits per heavy atom. The molecule has 32 heavy (non-hydrogen) atoms. The second kappa shape index (κ2) is 10.4. The van der Waals surface area contributed by atoms with Crippen molar-refractivity contribution in [2.75, 3.05) is 13.3 Å². The first-order chi connectivity index (χ1) is 15.7. The Bertz CT molecular complexity index is 1090. The van der Waals surface area contributed by atoms with Gasteiger partial charge in [-0.05, 0) is 36.8 Å². The van der Waals surface area contributed by atoms with E-state index in [-0.39, 0.29) is 5.97 Å². The second-order valence-electron chi connectivity index (χ2n) is 7.99. The third kappa shape index (κ3) is 4.69. The number of carbonyl (C=O) groups excluding carboxylic acids is 1. The summed E-state index contributed by atoms with van der Waals surface area (Å²) in [6.45, 7) is 0. The van der Waals surface area contributed by atoms with Gasteiger partial charge in [-0.2, -0.15) is 0 Å². The maximum atomic E-state index is 12.0. The number of methoxy groups -OCH3 is 1. The molecule has 0 aliphatic heterocycles. The molecule has 2 aliphatic carbocycles. The van der Waals surface area contributed by atoms with E-state index >= 15 is 0 Å². The average Bonchev–Trinajstić information content (AvgIpc) is 2.84. The quantitative estimate of drug-likeness (QED) is 0.334. The average molecular weight is 440 g/mol.